The maximum atomic E-state index is 13.0. The van der Waals surface area contributed by atoms with Crippen molar-refractivity contribution in [3.63, 3.8) is 0 Å². The van der Waals surface area contributed by atoms with Gasteiger partial charge in [-0.15, -0.1) is 0 Å². The predicted octanol–water partition coefficient (Wildman–Crippen LogP) is 1.16. The van der Waals surface area contributed by atoms with Crippen LogP contribution in [0.15, 0.2) is 29.1 Å². The highest BCUT2D eigenvalue weighted by atomic mass is 16.2. The summed E-state index contributed by atoms with van der Waals surface area (Å²) in [7, 11) is 1.76. The van der Waals surface area contributed by atoms with Crippen molar-refractivity contribution in [1.29, 1.82) is 0 Å². The summed E-state index contributed by atoms with van der Waals surface area (Å²) in [4.78, 5) is 34.1. The summed E-state index contributed by atoms with van der Waals surface area (Å²) < 4.78 is 0. The number of aromatic nitrogens is 2. The highest BCUT2D eigenvalue weighted by Crippen LogP contribution is 2.34. The number of rotatable bonds is 3. The Hall–Kier alpha value is -2.25. The molecule has 1 aromatic carbocycles. The molecule has 26 heavy (non-hydrogen) atoms. The summed E-state index contributed by atoms with van der Waals surface area (Å²) in [6.07, 6.45) is 3.36. The van der Waals surface area contributed by atoms with Crippen LogP contribution in [0.2, 0.25) is 0 Å². The zero-order chi connectivity index (χ0) is 18.3. The number of hydrogen-bond donors (Lipinski definition) is 3. The Bertz CT molecular complexity index is 880. The monoisotopic (exact) mass is 355 g/mol. The Balaban J connectivity index is 1.50. The molecular formula is C19H25N5O2. The van der Waals surface area contributed by atoms with E-state index >= 15 is 0 Å². The molecule has 4 unspecified atom stereocenters. The lowest BCUT2D eigenvalue weighted by molar-refractivity contribution is -0.133. The van der Waals surface area contributed by atoms with Gasteiger partial charge in [0.05, 0.1) is 17.4 Å². The summed E-state index contributed by atoms with van der Waals surface area (Å²) in [5, 5.41) is 0.561. The van der Waals surface area contributed by atoms with Crippen molar-refractivity contribution in [2.24, 2.45) is 11.8 Å². The van der Waals surface area contributed by atoms with E-state index in [4.69, 9.17) is 0 Å². The van der Waals surface area contributed by atoms with E-state index in [0.29, 0.717) is 34.6 Å². The molecule has 0 spiro atoms. The second-order valence-electron chi connectivity index (χ2n) is 7.68. The summed E-state index contributed by atoms with van der Waals surface area (Å²) in [6.45, 7) is 2.54. The molecule has 1 aliphatic carbocycles. The Labute approximate surface area is 152 Å². The van der Waals surface area contributed by atoms with E-state index in [2.05, 4.69) is 27.7 Å². The van der Waals surface area contributed by atoms with Crippen molar-refractivity contribution >= 4 is 16.8 Å². The van der Waals surface area contributed by atoms with Gasteiger partial charge in [0.2, 0.25) is 5.91 Å². The van der Waals surface area contributed by atoms with Crippen LogP contribution in [0, 0.1) is 11.8 Å². The molecule has 2 aliphatic rings. The lowest BCUT2D eigenvalue weighted by atomic mass is 9.76. The number of hydrazine groups is 1. The summed E-state index contributed by atoms with van der Waals surface area (Å²) >= 11 is 0. The van der Waals surface area contributed by atoms with Gasteiger partial charge in [0.1, 0.15) is 11.9 Å². The average Bonchev–Trinajstić information content (AvgIpc) is 3.04. The number of hydrogen-bond acceptors (Lipinski definition) is 5. The number of nitrogens with one attached hydrogen (secondary N) is 3. The van der Waals surface area contributed by atoms with Gasteiger partial charge < -0.3 is 9.88 Å². The van der Waals surface area contributed by atoms with Crippen LogP contribution in [0.5, 0.6) is 0 Å². The third kappa shape index (κ3) is 3.12. The van der Waals surface area contributed by atoms with E-state index in [1.54, 1.807) is 18.0 Å². The zero-order valence-corrected chi connectivity index (χ0v) is 15.2. The van der Waals surface area contributed by atoms with Crippen LogP contribution in [-0.2, 0) is 11.3 Å². The first-order valence-electron chi connectivity index (χ1n) is 9.27. The SMILES string of the molecule is CC1CCC2NNC(C(=O)N(C)Cc3nc4ccccc4c(=O)[nH]3)C2C1. The Morgan fingerprint density at radius 3 is 2.92 bits per heavy atom. The van der Waals surface area contributed by atoms with Gasteiger partial charge in [-0.05, 0) is 37.3 Å². The van der Waals surface area contributed by atoms with Crippen molar-refractivity contribution in [2.45, 2.75) is 44.8 Å². The second-order valence-corrected chi connectivity index (χ2v) is 7.68. The maximum absolute atomic E-state index is 13.0. The molecule has 2 aromatic rings. The minimum Gasteiger partial charge on any atom is -0.337 e. The highest BCUT2D eigenvalue weighted by Gasteiger charge is 2.43. The Kier molecular flexibility index (Phi) is 4.50. The summed E-state index contributed by atoms with van der Waals surface area (Å²) in [6, 6.07) is 7.37. The number of carbonyl (C=O) groups excluding carboxylic acids is 1. The molecule has 138 valence electrons. The normalized spacial score (nSPS) is 28.1. The fourth-order valence-electron chi connectivity index (χ4n) is 4.27. The van der Waals surface area contributed by atoms with Crippen LogP contribution in [0.3, 0.4) is 0 Å². The van der Waals surface area contributed by atoms with E-state index in [1.807, 2.05) is 18.2 Å². The standard InChI is InChI=1S/C19H25N5O2/c1-11-7-8-15-13(9-11)17(23-22-15)19(26)24(2)10-16-20-14-6-4-3-5-12(14)18(25)21-16/h3-6,11,13,15,17,22-23H,7-10H2,1-2H3,(H,20,21,25). The van der Waals surface area contributed by atoms with E-state index in [1.165, 1.54) is 6.42 Å². The lowest BCUT2D eigenvalue weighted by Crippen LogP contribution is -2.46. The number of H-pyrrole nitrogens is 1. The van der Waals surface area contributed by atoms with Gasteiger partial charge in [-0.2, -0.15) is 0 Å². The van der Waals surface area contributed by atoms with E-state index in [-0.39, 0.29) is 24.1 Å². The minimum atomic E-state index is -0.222. The molecule has 1 saturated carbocycles. The van der Waals surface area contributed by atoms with Crippen LogP contribution in [0.1, 0.15) is 32.0 Å². The third-order valence-electron chi connectivity index (χ3n) is 5.71. The quantitative estimate of drug-likeness (QED) is 0.769. The van der Waals surface area contributed by atoms with E-state index in [9.17, 15) is 9.59 Å². The average molecular weight is 355 g/mol. The lowest BCUT2D eigenvalue weighted by Gasteiger charge is -2.32. The fourth-order valence-corrected chi connectivity index (χ4v) is 4.27. The van der Waals surface area contributed by atoms with Gasteiger partial charge in [-0.1, -0.05) is 19.1 Å². The zero-order valence-electron chi connectivity index (χ0n) is 15.2. The van der Waals surface area contributed by atoms with E-state index < -0.39 is 0 Å². The highest BCUT2D eigenvalue weighted by molar-refractivity contribution is 5.82. The topological polar surface area (TPSA) is 90.1 Å². The molecule has 2 fully saturated rings. The molecular weight excluding hydrogens is 330 g/mol. The number of para-hydroxylation sites is 1. The van der Waals surface area contributed by atoms with Crippen LogP contribution in [-0.4, -0.2) is 39.9 Å². The number of benzene rings is 1. The maximum Gasteiger partial charge on any atom is 0.258 e. The number of carbonyl (C=O) groups is 1. The van der Waals surface area contributed by atoms with Crippen LogP contribution < -0.4 is 16.4 Å². The van der Waals surface area contributed by atoms with Gasteiger partial charge in [0.25, 0.3) is 5.56 Å². The van der Waals surface area contributed by atoms with Crippen LogP contribution in [0.25, 0.3) is 10.9 Å². The van der Waals surface area contributed by atoms with Gasteiger partial charge in [0, 0.05) is 19.0 Å². The molecule has 4 rings (SSSR count). The molecule has 3 N–H and O–H groups in total. The molecule has 1 aliphatic heterocycles. The molecule has 2 heterocycles. The first-order chi connectivity index (χ1) is 12.5. The smallest absolute Gasteiger partial charge is 0.258 e. The molecule has 1 amide bonds. The van der Waals surface area contributed by atoms with Crippen molar-refractivity contribution in [1.82, 2.24) is 25.7 Å². The van der Waals surface area contributed by atoms with Gasteiger partial charge in [0.15, 0.2) is 0 Å². The molecule has 1 saturated heterocycles. The van der Waals surface area contributed by atoms with Gasteiger partial charge in [-0.25, -0.2) is 10.4 Å². The van der Waals surface area contributed by atoms with Crippen LogP contribution >= 0.6 is 0 Å². The van der Waals surface area contributed by atoms with Crippen molar-refractivity contribution in [3.8, 4) is 0 Å². The Morgan fingerprint density at radius 2 is 2.08 bits per heavy atom. The fraction of sp³-hybridized carbons (Fsp3) is 0.526. The Morgan fingerprint density at radius 1 is 1.27 bits per heavy atom. The minimum absolute atomic E-state index is 0.0370. The van der Waals surface area contributed by atoms with E-state index in [0.717, 1.165) is 12.8 Å². The molecule has 0 bridgehead atoms. The van der Waals surface area contributed by atoms with Crippen molar-refractivity contribution < 1.29 is 4.79 Å². The predicted molar refractivity (Wildman–Crippen MR) is 99.2 cm³/mol. The third-order valence-corrected chi connectivity index (χ3v) is 5.71. The largest absolute Gasteiger partial charge is 0.337 e. The van der Waals surface area contributed by atoms with Crippen molar-refractivity contribution in [3.05, 3.63) is 40.4 Å². The van der Waals surface area contributed by atoms with Crippen LogP contribution in [0.4, 0.5) is 0 Å². The summed E-state index contributed by atoms with van der Waals surface area (Å²) in [5.74, 6) is 1.51. The first-order valence-corrected chi connectivity index (χ1v) is 9.27. The molecule has 4 atom stereocenters. The van der Waals surface area contributed by atoms with Gasteiger partial charge >= 0.3 is 0 Å². The number of amides is 1. The molecule has 0 radical (unpaired) electrons. The number of nitrogens with zero attached hydrogens (tertiary/aromatic N) is 2. The number of fused-ring (bicyclic) bond motifs is 2. The van der Waals surface area contributed by atoms with Crippen molar-refractivity contribution in [2.75, 3.05) is 7.05 Å². The molecule has 7 heteroatoms. The number of likely N-dealkylation sites (N-methyl/N-ethyl adjacent to an activating group) is 1. The first kappa shape index (κ1) is 17.2. The number of aromatic amines is 1. The van der Waals surface area contributed by atoms with Gasteiger partial charge in [-0.3, -0.25) is 15.0 Å². The second kappa shape index (κ2) is 6.81. The summed E-state index contributed by atoms with van der Waals surface area (Å²) in [5.41, 5.74) is 6.96. The molecule has 1 aromatic heterocycles. The molecule has 7 nitrogen and oxygen atoms in total.